The molecule has 2 aromatic rings. The molecule has 0 fully saturated rings. The molecule has 1 atom stereocenters. The first kappa shape index (κ1) is 23.8. The lowest BCUT2D eigenvalue weighted by atomic mass is 9.97. The van der Waals surface area contributed by atoms with Crippen molar-refractivity contribution < 1.29 is 32.2 Å². The summed E-state index contributed by atoms with van der Waals surface area (Å²) in [6, 6.07) is 6.31. The number of fused-ring (bicyclic) bond motifs is 1. The Morgan fingerprint density at radius 1 is 1.16 bits per heavy atom. The fraction of sp³-hybridized carbons (Fsp3) is 0.286. The van der Waals surface area contributed by atoms with Gasteiger partial charge in [-0.1, -0.05) is 39.1 Å². The summed E-state index contributed by atoms with van der Waals surface area (Å²) < 4.78 is 56.7. The molecule has 0 spiro atoms. The Balaban J connectivity index is 2.05. The first-order valence-corrected chi connectivity index (χ1v) is 10.6. The van der Waals surface area contributed by atoms with Gasteiger partial charge in [-0.05, 0) is 42.8 Å². The SMILES string of the molecule is CCOC(=O)C1=Cc2cc(Cl)c(Cc3cc(Br)cc(Cl)c3OC)cc2OC1C(F)(F)F. The maximum atomic E-state index is 13.6. The van der Waals surface area contributed by atoms with Gasteiger partial charge in [0.15, 0.2) is 0 Å². The summed E-state index contributed by atoms with van der Waals surface area (Å²) in [6.45, 7) is 1.44. The standard InChI is InChI=1S/C21H16BrCl2F3O4/c1-3-30-20(28)14-6-11-7-15(23)10(8-17(11)31-19(14)21(25,26)27)4-12-5-13(22)9-16(24)18(12)29-2/h5-9,19H,3-4H2,1-2H3. The van der Waals surface area contributed by atoms with E-state index in [0.29, 0.717) is 26.4 Å². The van der Waals surface area contributed by atoms with E-state index in [0.717, 1.165) is 6.08 Å². The second-order valence-corrected chi connectivity index (χ2v) is 8.33. The van der Waals surface area contributed by atoms with Gasteiger partial charge in [0.2, 0.25) is 6.10 Å². The predicted molar refractivity (Wildman–Crippen MR) is 115 cm³/mol. The molecular formula is C21H16BrCl2F3O4. The van der Waals surface area contributed by atoms with Crippen molar-refractivity contribution in [1.82, 2.24) is 0 Å². The monoisotopic (exact) mass is 538 g/mol. The van der Waals surface area contributed by atoms with E-state index in [9.17, 15) is 18.0 Å². The highest BCUT2D eigenvalue weighted by Crippen LogP contribution is 2.41. The van der Waals surface area contributed by atoms with Gasteiger partial charge in [-0.3, -0.25) is 0 Å². The molecule has 3 rings (SSSR count). The van der Waals surface area contributed by atoms with Gasteiger partial charge < -0.3 is 14.2 Å². The van der Waals surface area contributed by atoms with Crippen LogP contribution in [0.25, 0.3) is 6.08 Å². The molecule has 1 unspecified atom stereocenters. The summed E-state index contributed by atoms with van der Waals surface area (Å²) in [5.74, 6) is -0.712. The molecule has 1 aliphatic heterocycles. The Bertz CT molecular complexity index is 1050. The Morgan fingerprint density at radius 2 is 1.87 bits per heavy atom. The highest BCUT2D eigenvalue weighted by atomic mass is 79.9. The molecule has 0 bridgehead atoms. The third-order valence-corrected chi connectivity index (χ3v) is 5.59. The molecule has 1 aliphatic rings. The molecule has 0 N–H and O–H groups in total. The Labute approximate surface area is 195 Å². The number of methoxy groups -OCH3 is 1. The highest BCUT2D eigenvalue weighted by Gasteiger charge is 2.48. The maximum Gasteiger partial charge on any atom is 0.430 e. The number of carbonyl (C=O) groups is 1. The lowest BCUT2D eigenvalue weighted by Gasteiger charge is -2.28. The minimum absolute atomic E-state index is 0.0464. The Morgan fingerprint density at radius 3 is 2.48 bits per heavy atom. The molecule has 0 aliphatic carbocycles. The lowest BCUT2D eigenvalue weighted by Crippen LogP contribution is -2.40. The Hall–Kier alpha value is -1.90. The van der Waals surface area contributed by atoms with Crippen LogP contribution >= 0.6 is 39.1 Å². The molecule has 0 amide bonds. The van der Waals surface area contributed by atoms with E-state index in [-0.39, 0.29) is 29.4 Å². The average Bonchev–Trinajstić information content (AvgIpc) is 2.67. The van der Waals surface area contributed by atoms with Crippen LogP contribution in [0.3, 0.4) is 0 Å². The van der Waals surface area contributed by atoms with E-state index < -0.39 is 23.8 Å². The van der Waals surface area contributed by atoms with Crippen molar-refractivity contribution >= 4 is 51.2 Å². The number of benzene rings is 2. The largest absolute Gasteiger partial charge is 0.495 e. The normalized spacial score (nSPS) is 15.6. The van der Waals surface area contributed by atoms with Crippen LogP contribution in [0.2, 0.25) is 10.0 Å². The van der Waals surface area contributed by atoms with E-state index in [4.69, 9.17) is 37.4 Å². The van der Waals surface area contributed by atoms with Gasteiger partial charge >= 0.3 is 12.1 Å². The van der Waals surface area contributed by atoms with Gasteiger partial charge in [-0.15, -0.1) is 0 Å². The van der Waals surface area contributed by atoms with Crippen molar-refractivity contribution in [3.05, 3.63) is 61.0 Å². The summed E-state index contributed by atoms with van der Waals surface area (Å²) in [5.41, 5.74) is 0.791. The summed E-state index contributed by atoms with van der Waals surface area (Å²) in [5, 5.41) is 0.654. The number of ether oxygens (including phenoxy) is 3. The number of alkyl halides is 3. The van der Waals surface area contributed by atoms with Crippen molar-refractivity contribution in [2.45, 2.75) is 25.6 Å². The second-order valence-electron chi connectivity index (χ2n) is 6.60. The molecule has 2 aromatic carbocycles. The molecule has 4 nitrogen and oxygen atoms in total. The van der Waals surface area contributed by atoms with E-state index in [1.165, 1.54) is 26.2 Å². The summed E-state index contributed by atoms with van der Waals surface area (Å²) in [7, 11) is 1.46. The average molecular weight is 540 g/mol. The minimum atomic E-state index is -4.81. The first-order valence-electron chi connectivity index (χ1n) is 9.01. The number of hydrogen-bond donors (Lipinski definition) is 0. The number of hydrogen-bond acceptors (Lipinski definition) is 4. The van der Waals surface area contributed by atoms with Gasteiger partial charge in [-0.25, -0.2) is 4.79 Å². The van der Waals surface area contributed by atoms with Crippen LogP contribution in [-0.4, -0.2) is 32.0 Å². The van der Waals surface area contributed by atoms with Crippen LogP contribution in [0.4, 0.5) is 13.2 Å². The van der Waals surface area contributed by atoms with Gasteiger partial charge in [0.25, 0.3) is 0 Å². The summed E-state index contributed by atoms with van der Waals surface area (Å²) >= 11 is 16.0. The molecule has 10 heteroatoms. The fourth-order valence-corrected chi connectivity index (χ4v) is 4.39. The number of halogens is 6. The van der Waals surface area contributed by atoms with Crippen LogP contribution in [0.5, 0.6) is 11.5 Å². The third kappa shape index (κ3) is 5.13. The first-order chi connectivity index (χ1) is 14.5. The van der Waals surface area contributed by atoms with Crippen LogP contribution in [0, 0.1) is 0 Å². The van der Waals surface area contributed by atoms with E-state index in [1.807, 2.05) is 0 Å². The summed E-state index contributed by atoms with van der Waals surface area (Å²) in [6.07, 6.45) is -5.93. The molecule has 31 heavy (non-hydrogen) atoms. The smallest absolute Gasteiger partial charge is 0.430 e. The predicted octanol–water partition coefficient (Wildman–Crippen LogP) is 6.63. The van der Waals surface area contributed by atoms with Gasteiger partial charge in [0.05, 0.1) is 24.3 Å². The molecule has 0 aromatic heterocycles. The molecule has 0 radical (unpaired) electrons. The van der Waals surface area contributed by atoms with Crippen LogP contribution < -0.4 is 9.47 Å². The number of carbonyl (C=O) groups excluding carboxylic acids is 1. The highest BCUT2D eigenvalue weighted by molar-refractivity contribution is 9.10. The van der Waals surface area contributed by atoms with Crippen LogP contribution in [-0.2, 0) is 16.0 Å². The second kappa shape index (κ2) is 9.30. The quantitative estimate of drug-likeness (QED) is 0.400. The maximum absolute atomic E-state index is 13.6. The van der Waals surface area contributed by atoms with Gasteiger partial charge in [-0.2, -0.15) is 13.2 Å². The minimum Gasteiger partial charge on any atom is -0.495 e. The zero-order valence-corrected chi connectivity index (χ0v) is 19.4. The number of rotatable bonds is 5. The van der Waals surface area contributed by atoms with Gasteiger partial charge in [0, 0.05) is 27.0 Å². The molecular weight excluding hydrogens is 524 g/mol. The van der Waals surface area contributed by atoms with Crippen molar-refractivity contribution in [2.24, 2.45) is 0 Å². The lowest BCUT2D eigenvalue weighted by molar-refractivity contribution is -0.187. The van der Waals surface area contributed by atoms with Crippen molar-refractivity contribution in [2.75, 3.05) is 13.7 Å². The topological polar surface area (TPSA) is 44.8 Å². The molecule has 1 heterocycles. The third-order valence-electron chi connectivity index (χ3n) is 4.50. The van der Waals surface area contributed by atoms with Crippen molar-refractivity contribution in [1.29, 1.82) is 0 Å². The fourth-order valence-electron chi connectivity index (χ4n) is 3.20. The Kier molecular flexibility index (Phi) is 7.13. The zero-order chi connectivity index (χ0) is 22.9. The molecule has 166 valence electrons. The molecule has 0 saturated carbocycles. The van der Waals surface area contributed by atoms with E-state index in [2.05, 4.69) is 15.9 Å². The van der Waals surface area contributed by atoms with E-state index in [1.54, 1.807) is 12.1 Å². The van der Waals surface area contributed by atoms with Gasteiger partial charge in [0.1, 0.15) is 11.5 Å². The van der Waals surface area contributed by atoms with Crippen molar-refractivity contribution in [3.63, 3.8) is 0 Å². The van der Waals surface area contributed by atoms with Crippen molar-refractivity contribution in [3.8, 4) is 11.5 Å². The van der Waals surface area contributed by atoms with Crippen LogP contribution in [0.15, 0.2) is 34.3 Å². The van der Waals surface area contributed by atoms with E-state index >= 15 is 0 Å². The van der Waals surface area contributed by atoms with Crippen LogP contribution in [0.1, 0.15) is 23.6 Å². The molecule has 0 saturated heterocycles. The zero-order valence-electron chi connectivity index (χ0n) is 16.3. The summed E-state index contributed by atoms with van der Waals surface area (Å²) in [4.78, 5) is 12.1. The number of esters is 1.